The van der Waals surface area contributed by atoms with Crippen LogP contribution in [0, 0.1) is 11.6 Å². The fraction of sp³-hybridized carbons (Fsp3) is 0.333. The van der Waals surface area contributed by atoms with Crippen LogP contribution in [0.25, 0.3) is 0 Å². The number of halogens is 2. The Labute approximate surface area is 168 Å². The molecule has 3 amide bonds. The first-order chi connectivity index (χ1) is 13.9. The molecule has 1 atom stereocenters. The lowest BCUT2D eigenvalue weighted by molar-refractivity contribution is 0.0275. The fourth-order valence-electron chi connectivity index (χ4n) is 3.14. The van der Waals surface area contributed by atoms with E-state index in [9.17, 15) is 18.4 Å². The van der Waals surface area contributed by atoms with Crippen LogP contribution in [0.4, 0.5) is 13.6 Å². The standard InChI is InChI=1S/C18H17F2N5O3S/c1-21-16(26)14-9-29-17(23-14)28-13-7-24(8-13)18(27)25-15(2-3-22-25)10-4-11(19)6-12(20)5-10/h3-6,9,13,15H,2,7-8H2,1H3,(H,21,26). The van der Waals surface area contributed by atoms with Crippen LogP contribution in [0.3, 0.4) is 0 Å². The second-order valence-corrected chi connectivity index (χ2v) is 7.42. The van der Waals surface area contributed by atoms with Gasteiger partial charge in [0.25, 0.3) is 11.1 Å². The lowest BCUT2D eigenvalue weighted by Gasteiger charge is -2.40. The van der Waals surface area contributed by atoms with Gasteiger partial charge in [-0.15, -0.1) is 0 Å². The summed E-state index contributed by atoms with van der Waals surface area (Å²) >= 11 is 1.20. The number of amides is 3. The van der Waals surface area contributed by atoms with Gasteiger partial charge in [-0.2, -0.15) is 10.1 Å². The monoisotopic (exact) mass is 421 g/mol. The summed E-state index contributed by atoms with van der Waals surface area (Å²) in [5.41, 5.74) is 0.627. The van der Waals surface area contributed by atoms with Crippen LogP contribution in [0.2, 0.25) is 0 Å². The lowest BCUT2D eigenvalue weighted by Crippen LogP contribution is -2.58. The lowest BCUT2D eigenvalue weighted by atomic mass is 10.0. The molecule has 1 saturated heterocycles. The van der Waals surface area contributed by atoms with E-state index in [0.29, 0.717) is 30.3 Å². The van der Waals surface area contributed by atoms with E-state index in [1.807, 2.05) is 0 Å². The number of urea groups is 1. The van der Waals surface area contributed by atoms with Crippen LogP contribution in [-0.2, 0) is 0 Å². The first-order valence-electron chi connectivity index (χ1n) is 8.85. The molecule has 1 N–H and O–H groups in total. The number of hydrogen-bond donors (Lipinski definition) is 1. The van der Waals surface area contributed by atoms with Crippen molar-refractivity contribution in [2.45, 2.75) is 18.6 Å². The van der Waals surface area contributed by atoms with E-state index in [4.69, 9.17) is 4.74 Å². The molecule has 1 aromatic carbocycles. The number of rotatable bonds is 4. The summed E-state index contributed by atoms with van der Waals surface area (Å²) < 4.78 is 32.8. The average molecular weight is 421 g/mol. The Balaban J connectivity index is 1.35. The van der Waals surface area contributed by atoms with Crippen molar-refractivity contribution in [2.75, 3.05) is 20.1 Å². The predicted molar refractivity (Wildman–Crippen MR) is 101 cm³/mol. The molecule has 2 aromatic rings. The van der Waals surface area contributed by atoms with Crippen molar-refractivity contribution in [1.29, 1.82) is 0 Å². The number of nitrogens with zero attached hydrogens (tertiary/aromatic N) is 4. The molecular weight excluding hydrogens is 404 g/mol. The highest BCUT2D eigenvalue weighted by atomic mass is 32.1. The summed E-state index contributed by atoms with van der Waals surface area (Å²) in [6.45, 7) is 0.647. The van der Waals surface area contributed by atoms with E-state index in [1.165, 1.54) is 40.4 Å². The normalized spacial score (nSPS) is 18.7. The number of carbonyl (C=O) groups is 2. The van der Waals surface area contributed by atoms with Crippen molar-refractivity contribution < 1.29 is 23.1 Å². The molecule has 2 aliphatic heterocycles. The number of thiazole rings is 1. The van der Waals surface area contributed by atoms with Gasteiger partial charge in [0.05, 0.1) is 19.1 Å². The Morgan fingerprint density at radius 1 is 1.24 bits per heavy atom. The molecule has 0 aliphatic carbocycles. The summed E-state index contributed by atoms with van der Waals surface area (Å²) in [7, 11) is 1.52. The third-order valence-electron chi connectivity index (χ3n) is 4.62. The van der Waals surface area contributed by atoms with Gasteiger partial charge in [-0.1, -0.05) is 11.3 Å². The van der Waals surface area contributed by atoms with Gasteiger partial charge in [-0.3, -0.25) is 4.79 Å². The molecule has 29 heavy (non-hydrogen) atoms. The molecule has 152 valence electrons. The van der Waals surface area contributed by atoms with Gasteiger partial charge < -0.3 is 15.0 Å². The molecule has 1 fully saturated rings. The third kappa shape index (κ3) is 3.90. The van der Waals surface area contributed by atoms with Crippen LogP contribution >= 0.6 is 11.3 Å². The van der Waals surface area contributed by atoms with Crippen LogP contribution in [0.1, 0.15) is 28.5 Å². The second-order valence-electron chi connectivity index (χ2n) is 6.60. The predicted octanol–water partition coefficient (Wildman–Crippen LogP) is 2.40. The quantitative estimate of drug-likeness (QED) is 0.821. The highest BCUT2D eigenvalue weighted by molar-refractivity contribution is 7.11. The summed E-state index contributed by atoms with van der Waals surface area (Å²) in [6.07, 6.45) is 1.68. The van der Waals surface area contributed by atoms with Crippen LogP contribution in [-0.4, -0.2) is 59.3 Å². The van der Waals surface area contributed by atoms with E-state index in [-0.39, 0.29) is 23.7 Å². The Kier molecular flexibility index (Phi) is 5.14. The largest absolute Gasteiger partial charge is 0.463 e. The summed E-state index contributed by atoms with van der Waals surface area (Å²) in [4.78, 5) is 29.9. The first kappa shape index (κ1) is 19.2. The van der Waals surface area contributed by atoms with Gasteiger partial charge in [0.2, 0.25) is 0 Å². The van der Waals surface area contributed by atoms with Crippen LogP contribution in [0.5, 0.6) is 5.19 Å². The van der Waals surface area contributed by atoms with Crippen molar-refractivity contribution in [3.05, 3.63) is 46.5 Å². The van der Waals surface area contributed by atoms with E-state index < -0.39 is 17.7 Å². The van der Waals surface area contributed by atoms with Gasteiger partial charge in [-0.25, -0.2) is 18.6 Å². The zero-order valence-electron chi connectivity index (χ0n) is 15.3. The molecule has 8 nitrogen and oxygen atoms in total. The van der Waals surface area contributed by atoms with Crippen molar-refractivity contribution in [3.63, 3.8) is 0 Å². The van der Waals surface area contributed by atoms with Crippen LogP contribution < -0.4 is 10.1 Å². The maximum atomic E-state index is 13.5. The van der Waals surface area contributed by atoms with Gasteiger partial charge in [0, 0.05) is 31.1 Å². The van der Waals surface area contributed by atoms with Gasteiger partial charge in [0.1, 0.15) is 23.4 Å². The van der Waals surface area contributed by atoms with Crippen molar-refractivity contribution in [2.24, 2.45) is 5.10 Å². The summed E-state index contributed by atoms with van der Waals surface area (Å²) in [5, 5.41) is 9.74. The van der Waals surface area contributed by atoms with Gasteiger partial charge in [-0.05, 0) is 17.7 Å². The minimum atomic E-state index is -0.698. The Bertz CT molecular complexity index is 956. The van der Waals surface area contributed by atoms with Crippen molar-refractivity contribution >= 4 is 29.5 Å². The third-order valence-corrected chi connectivity index (χ3v) is 5.35. The van der Waals surface area contributed by atoms with E-state index >= 15 is 0 Å². The number of hydrazone groups is 1. The molecule has 1 unspecified atom stereocenters. The topological polar surface area (TPSA) is 87.1 Å². The maximum Gasteiger partial charge on any atom is 0.341 e. The maximum absolute atomic E-state index is 13.5. The molecule has 1 aromatic heterocycles. The summed E-state index contributed by atoms with van der Waals surface area (Å²) in [6, 6.07) is 2.28. The highest BCUT2D eigenvalue weighted by Crippen LogP contribution is 2.31. The molecule has 2 aliphatic rings. The SMILES string of the molecule is CNC(=O)c1csc(OC2CN(C(=O)N3N=CCC3c3cc(F)cc(F)c3)C2)n1. The molecule has 3 heterocycles. The van der Waals surface area contributed by atoms with E-state index in [1.54, 1.807) is 11.6 Å². The molecule has 0 spiro atoms. The second kappa shape index (κ2) is 7.74. The number of benzene rings is 1. The molecule has 0 bridgehead atoms. The van der Waals surface area contributed by atoms with Crippen molar-refractivity contribution in [1.82, 2.24) is 20.2 Å². The number of carbonyl (C=O) groups excluding carboxylic acids is 2. The number of aromatic nitrogens is 1. The Morgan fingerprint density at radius 2 is 1.97 bits per heavy atom. The zero-order valence-corrected chi connectivity index (χ0v) is 16.2. The molecular formula is C18H17F2N5O3S. The first-order valence-corrected chi connectivity index (χ1v) is 9.73. The zero-order chi connectivity index (χ0) is 20.5. The molecule has 11 heteroatoms. The van der Waals surface area contributed by atoms with E-state index in [2.05, 4.69) is 15.4 Å². The summed E-state index contributed by atoms with van der Waals surface area (Å²) in [5.74, 6) is -1.69. The van der Waals surface area contributed by atoms with Crippen LogP contribution in [0.15, 0.2) is 28.7 Å². The number of ether oxygens (including phenoxy) is 1. The molecule has 0 radical (unpaired) electrons. The number of hydrogen-bond acceptors (Lipinski definition) is 6. The highest BCUT2D eigenvalue weighted by Gasteiger charge is 2.39. The van der Waals surface area contributed by atoms with Gasteiger partial charge in [0.15, 0.2) is 0 Å². The number of nitrogens with one attached hydrogen (secondary N) is 1. The molecule has 0 saturated carbocycles. The average Bonchev–Trinajstić information content (AvgIpc) is 3.32. The van der Waals surface area contributed by atoms with Gasteiger partial charge >= 0.3 is 6.03 Å². The smallest absolute Gasteiger partial charge is 0.341 e. The van der Waals surface area contributed by atoms with E-state index in [0.717, 1.165) is 6.07 Å². The Morgan fingerprint density at radius 3 is 2.66 bits per heavy atom. The Hall–Kier alpha value is -3.08. The number of likely N-dealkylation sites (tertiary alicyclic amines) is 1. The minimum absolute atomic E-state index is 0.251. The fourth-order valence-corrected chi connectivity index (χ4v) is 3.86. The minimum Gasteiger partial charge on any atom is -0.463 e. The molecule has 4 rings (SSSR count). The van der Waals surface area contributed by atoms with Crippen molar-refractivity contribution in [3.8, 4) is 5.19 Å².